The van der Waals surface area contributed by atoms with Crippen LogP contribution >= 0.6 is 23.2 Å². The van der Waals surface area contributed by atoms with Gasteiger partial charge in [-0.2, -0.15) is 0 Å². The van der Waals surface area contributed by atoms with E-state index in [9.17, 15) is 9.18 Å². The van der Waals surface area contributed by atoms with Crippen LogP contribution in [0.5, 0.6) is 0 Å². The summed E-state index contributed by atoms with van der Waals surface area (Å²) >= 11 is 9.53. The first-order valence-corrected chi connectivity index (χ1v) is 13.5. The second kappa shape index (κ2) is 13.9. The summed E-state index contributed by atoms with van der Waals surface area (Å²) in [7, 11) is 0. The van der Waals surface area contributed by atoms with E-state index in [0.717, 1.165) is 49.2 Å². The quantitative estimate of drug-likeness (QED) is 0.309. The van der Waals surface area contributed by atoms with Gasteiger partial charge in [-0.05, 0) is 82.7 Å². The van der Waals surface area contributed by atoms with Gasteiger partial charge in [0.1, 0.15) is 11.4 Å². The van der Waals surface area contributed by atoms with Crippen molar-refractivity contribution in [3.05, 3.63) is 66.6 Å². The van der Waals surface area contributed by atoms with Crippen molar-refractivity contribution in [2.24, 2.45) is 11.3 Å². The molecule has 202 valence electrons. The van der Waals surface area contributed by atoms with Gasteiger partial charge in [0.05, 0.1) is 23.1 Å². The summed E-state index contributed by atoms with van der Waals surface area (Å²) in [6.45, 7) is 15.7. The zero-order valence-corrected chi connectivity index (χ0v) is 23.8. The smallest absolute Gasteiger partial charge is 0.407 e. The molecule has 1 saturated carbocycles. The standard InChI is InChI=1S/C25H32FN3O2.C3H4.CH2Cl2/c1-24(2,3)31-23(30)27-13-12-18-6-5-7-19-14-21-22(17-8-10-20(26)11-9-17)28-16-29(21)15-25(18,19)4;1-3-2;2-1-3/h8-11,14,16,18H,5-7,12-13,15H2,1-4H3,(H,27,30);1-2H2;1H2/t18-,25-;;/m1../s1. The van der Waals surface area contributed by atoms with Crippen molar-refractivity contribution >= 4 is 35.4 Å². The van der Waals surface area contributed by atoms with Crippen molar-refractivity contribution < 1.29 is 13.9 Å². The second-order valence-electron chi connectivity index (χ2n) is 10.4. The number of imidazole rings is 1. The molecule has 2 atom stereocenters. The summed E-state index contributed by atoms with van der Waals surface area (Å²) in [5.74, 6) is 0.241. The maximum Gasteiger partial charge on any atom is 0.407 e. The molecule has 0 spiro atoms. The average molecular weight is 551 g/mol. The minimum absolute atomic E-state index is 0.0433. The number of hydrogen-bond acceptors (Lipinski definition) is 3. The third-order valence-corrected chi connectivity index (χ3v) is 6.60. The van der Waals surface area contributed by atoms with Crippen molar-refractivity contribution in [2.45, 2.75) is 65.5 Å². The Hall–Kier alpha value is -2.53. The number of fused-ring (bicyclic) bond motifs is 2. The highest BCUT2D eigenvalue weighted by atomic mass is 35.5. The van der Waals surface area contributed by atoms with Gasteiger partial charge in [0.25, 0.3) is 0 Å². The summed E-state index contributed by atoms with van der Waals surface area (Å²) < 4.78 is 20.9. The highest BCUT2D eigenvalue weighted by Crippen LogP contribution is 2.51. The van der Waals surface area contributed by atoms with Gasteiger partial charge in [-0.1, -0.05) is 25.7 Å². The molecule has 1 fully saturated rings. The second-order valence-corrected chi connectivity index (χ2v) is 11.2. The summed E-state index contributed by atoms with van der Waals surface area (Å²) in [4.78, 5) is 16.7. The van der Waals surface area contributed by atoms with Crippen molar-refractivity contribution in [1.82, 2.24) is 14.9 Å². The normalized spacial score (nSPS) is 19.9. The van der Waals surface area contributed by atoms with Crippen LogP contribution < -0.4 is 5.32 Å². The molecule has 1 aliphatic heterocycles. The maximum atomic E-state index is 13.3. The summed E-state index contributed by atoms with van der Waals surface area (Å²) in [6.07, 6.45) is 8.15. The Labute approximate surface area is 230 Å². The third-order valence-electron chi connectivity index (χ3n) is 6.60. The first kappa shape index (κ1) is 30.7. The maximum absolute atomic E-state index is 13.3. The van der Waals surface area contributed by atoms with Gasteiger partial charge in [-0.15, -0.1) is 28.9 Å². The molecule has 2 heterocycles. The van der Waals surface area contributed by atoms with E-state index in [0.29, 0.717) is 12.5 Å². The Balaban J connectivity index is 0.000000733. The van der Waals surface area contributed by atoms with Gasteiger partial charge in [0.2, 0.25) is 0 Å². The van der Waals surface area contributed by atoms with Gasteiger partial charge in [0.15, 0.2) is 0 Å². The molecule has 1 aromatic carbocycles. The van der Waals surface area contributed by atoms with Crippen LogP contribution in [0, 0.1) is 17.2 Å². The fraction of sp³-hybridized carbons (Fsp3) is 0.483. The molecule has 1 aromatic heterocycles. The number of hydrogen-bond donors (Lipinski definition) is 1. The lowest BCUT2D eigenvalue weighted by Gasteiger charge is -2.46. The lowest BCUT2D eigenvalue weighted by Crippen LogP contribution is -2.41. The number of carbonyl (C=O) groups excluding carboxylic acids is 1. The molecule has 1 amide bonds. The zero-order chi connectivity index (χ0) is 27.6. The number of carbonyl (C=O) groups is 1. The van der Waals surface area contributed by atoms with Crippen LogP contribution in [0.3, 0.4) is 0 Å². The molecule has 0 saturated heterocycles. The number of halogens is 3. The largest absolute Gasteiger partial charge is 0.444 e. The molecule has 0 radical (unpaired) electrons. The Morgan fingerprint density at radius 1 is 1.30 bits per heavy atom. The molecular formula is C29H38Cl2FN3O2. The monoisotopic (exact) mass is 549 g/mol. The number of aromatic nitrogens is 2. The van der Waals surface area contributed by atoms with Crippen molar-refractivity contribution in [3.63, 3.8) is 0 Å². The number of alkyl halides is 2. The van der Waals surface area contributed by atoms with Crippen LogP contribution in [0.4, 0.5) is 9.18 Å². The number of nitrogens with one attached hydrogen (secondary N) is 1. The van der Waals surface area contributed by atoms with Crippen LogP contribution in [0.25, 0.3) is 17.3 Å². The number of alkyl carbamates (subject to hydrolysis) is 1. The Kier molecular flexibility index (Phi) is 11.5. The number of ether oxygens (including phenoxy) is 1. The lowest BCUT2D eigenvalue weighted by molar-refractivity contribution is 0.0515. The molecule has 1 aliphatic carbocycles. The first-order chi connectivity index (χ1) is 17.5. The van der Waals surface area contributed by atoms with Crippen LogP contribution in [0.1, 0.15) is 59.1 Å². The zero-order valence-electron chi connectivity index (χ0n) is 22.3. The van der Waals surface area contributed by atoms with Gasteiger partial charge in [0, 0.05) is 24.1 Å². The topological polar surface area (TPSA) is 56.1 Å². The number of rotatable bonds is 4. The van der Waals surface area contributed by atoms with E-state index in [1.54, 1.807) is 12.1 Å². The van der Waals surface area contributed by atoms with E-state index in [1.807, 2.05) is 27.1 Å². The van der Waals surface area contributed by atoms with E-state index in [2.05, 4.69) is 46.8 Å². The molecule has 4 rings (SSSR count). The Morgan fingerprint density at radius 2 is 1.92 bits per heavy atom. The van der Waals surface area contributed by atoms with Gasteiger partial charge < -0.3 is 14.6 Å². The molecule has 1 N–H and O–H groups in total. The third kappa shape index (κ3) is 8.49. The van der Waals surface area contributed by atoms with Crippen molar-refractivity contribution in [2.75, 3.05) is 11.9 Å². The van der Waals surface area contributed by atoms with E-state index in [4.69, 9.17) is 27.9 Å². The fourth-order valence-electron chi connectivity index (χ4n) is 5.02. The minimum Gasteiger partial charge on any atom is -0.444 e. The molecular weight excluding hydrogens is 512 g/mol. The minimum atomic E-state index is -0.486. The predicted octanol–water partition coefficient (Wildman–Crippen LogP) is 8.19. The molecule has 0 unspecified atom stereocenters. The molecule has 2 aromatic rings. The van der Waals surface area contributed by atoms with Crippen molar-refractivity contribution in [3.8, 4) is 11.3 Å². The first-order valence-electron chi connectivity index (χ1n) is 12.4. The van der Waals surface area contributed by atoms with Crippen molar-refractivity contribution in [1.29, 1.82) is 0 Å². The Morgan fingerprint density at radius 3 is 2.51 bits per heavy atom. The summed E-state index contributed by atoms with van der Waals surface area (Å²) in [6, 6.07) is 6.54. The predicted molar refractivity (Wildman–Crippen MR) is 151 cm³/mol. The highest BCUT2D eigenvalue weighted by molar-refractivity contribution is 6.40. The number of amides is 1. The fourth-order valence-corrected chi connectivity index (χ4v) is 5.02. The van der Waals surface area contributed by atoms with E-state index in [-0.39, 0.29) is 22.7 Å². The SMILES string of the molecule is C=C=C.CC(C)(C)OC(=O)NCC[C@H]1CCCC2=Cc3c(-c4ccc(F)cc4)ncn3C[C@@]21C.ClCCl. The van der Waals surface area contributed by atoms with Crippen LogP contribution in [0.2, 0.25) is 0 Å². The number of nitrogens with zero attached hydrogens (tertiary/aromatic N) is 2. The molecule has 37 heavy (non-hydrogen) atoms. The molecule has 5 nitrogen and oxygen atoms in total. The van der Waals surface area contributed by atoms with Crippen LogP contribution in [0.15, 0.2) is 55.1 Å². The number of benzene rings is 1. The summed E-state index contributed by atoms with van der Waals surface area (Å²) in [5.41, 5.74) is 6.21. The van der Waals surface area contributed by atoms with E-state index in [1.165, 1.54) is 17.7 Å². The molecule has 0 bridgehead atoms. The van der Waals surface area contributed by atoms with Gasteiger partial charge in [-0.3, -0.25) is 0 Å². The Bertz CT molecular complexity index is 1100. The van der Waals surface area contributed by atoms with Gasteiger partial charge in [-0.25, -0.2) is 14.2 Å². The van der Waals surface area contributed by atoms with Crippen LogP contribution in [-0.4, -0.2) is 33.1 Å². The van der Waals surface area contributed by atoms with E-state index >= 15 is 0 Å². The molecule has 2 aliphatic rings. The van der Waals surface area contributed by atoms with Gasteiger partial charge >= 0.3 is 6.09 Å². The number of allylic oxidation sites excluding steroid dienone is 1. The molecule has 8 heteroatoms. The summed E-state index contributed by atoms with van der Waals surface area (Å²) in [5, 5.41) is 3.11. The van der Waals surface area contributed by atoms with E-state index < -0.39 is 5.60 Å². The lowest BCUT2D eigenvalue weighted by atomic mass is 9.62. The highest BCUT2D eigenvalue weighted by Gasteiger charge is 2.42. The average Bonchev–Trinajstić information content (AvgIpc) is 3.20. The van der Waals surface area contributed by atoms with Crippen LogP contribution in [-0.2, 0) is 11.3 Å².